The monoisotopic (exact) mass is 252 g/mol. The van der Waals surface area contributed by atoms with Crippen molar-refractivity contribution in [1.29, 1.82) is 0 Å². The summed E-state index contributed by atoms with van der Waals surface area (Å²) in [4.78, 5) is 11.0. The second kappa shape index (κ2) is 4.67. The van der Waals surface area contributed by atoms with E-state index in [0.29, 0.717) is 11.8 Å². The van der Waals surface area contributed by atoms with Crippen LogP contribution in [0.2, 0.25) is 0 Å². The molecule has 1 fully saturated rings. The molecule has 3 nitrogen and oxygen atoms in total. The van der Waals surface area contributed by atoms with Crippen molar-refractivity contribution < 1.29 is 4.79 Å². The fraction of sp³-hybridized carbons (Fsp3) is 0.462. The highest BCUT2D eigenvalue weighted by Gasteiger charge is 2.33. The number of amides is 1. The van der Waals surface area contributed by atoms with Crippen LogP contribution in [-0.4, -0.2) is 19.0 Å². The number of hydrogen-bond donors (Lipinski definition) is 2. The molecule has 2 unspecified atom stereocenters. The van der Waals surface area contributed by atoms with Crippen LogP contribution in [0, 0.1) is 0 Å². The molecular formula is C13H17ClN2O. The molecule has 92 valence electrons. The first-order chi connectivity index (χ1) is 7.74. The van der Waals surface area contributed by atoms with Crippen molar-refractivity contribution in [3.05, 3.63) is 29.3 Å². The quantitative estimate of drug-likeness (QED) is 0.805. The molecule has 1 aromatic carbocycles. The highest BCUT2D eigenvalue weighted by Crippen LogP contribution is 2.44. The van der Waals surface area contributed by atoms with Crippen LogP contribution < -0.4 is 10.6 Å². The average molecular weight is 253 g/mol. The molecule has 2 bridgehead atoms. The zero-order chi connectivity index (χ0) is 11.1. The highest BCUT2D eigenvalue weighted by molar-refractivity contribution is 5.88. The third-order valence-electron chi connectivity index (χ3n) is 3.64. The lowest BCUT2D eigenvalue weighted by atomic mass is 9.98. The topological polar surface area (TPSA) is 41.1 Å². The second-order valence-corrected chi connectivity index (χ2v) is 4.81. The van der Waals surface area contributed by atoms with Gasteiger partial charge in [-0.1, -0.05) is 6.07 Å². The number of piperidine rings is 1. The van der Waals surface area contributed by atoms with Crippen LogP contribution in [-0.2, 0) is 4.79 Å². The Balaban J connectivity index is 0.00000108. The van der Waals surface area contributed by atoms with Crippen molar-refractivity contribution in [2.45, 2.75) is 25.2 Å². The van der Waals surface area contributed by atoms with Crippen LogP contribution >= 0.6 is 12.4 Å². The van der Waals surface area contributed by atoms with Gasteiger partial charge in [-0.15, -0.1) is 12.4 Å². The van der Waals surface area contributed by atoms with Crippen LogP contribution in [0.1, 0.15) is 36.3 Å². The fourth-order valence-corrected chi connectivity index (χ4v) is 3.00. The van der Waals surface area contributed by atoms with Gasteiger partial charge in [0.2, 0.25) is 5.91 Å². The van der Waals surface area contributed by atoms with Crippen molar-refractivity contribution in [3.8, 4) is 0 Å². The number of halogens is 1. The van der Waals surface area contributed by atoms with Crippen LogP contribution in [0.5, 0.6) is 0 Å². The van der Waals surface area contributed by atoms with Crippen LogP contribution in [0.3, 0.4) is 0 Å². The first kappa shape index (κ1) is 12.4. The molecule has 1 amide bonds. The molecule has 1 saturated heterocycles. The van der Waals surface area contributed by atoms with Crippen molar-refractivity contribution in [2.75, 3.05) is 18.4 Å². The summed E-state index contributed by atoms with van der Waals surface area (Å²) in [6, 6.07) is 6.34. The molecule has 1 aliphatic heterocycles. The first-order valence-electron chi connectivity index (χ1n) is 5.86. The van der Waals surface area contributed by atoms with Gasteiger partial charge < -0.3 is 10.6 Å². The molecule has 3 rings (SSSR count). The summed E-state index contributed by atoms with van der Waals surface area (Å²) >= 11 is 0. The van der Waals surface area contributed by atoms with Crippen LogP contribution in [0.15, 0.2) is 18.2 Å². The predicted octanol–water partition coefficient (Wildman–Crippen LogP) is 2.24. The Hall–Kier alpha value is -1.06. The fourth-order valence-electron chi connectivity index (χ4n) is 3.00. The Morgan fingerprint density at radius 2 is 2.00 bits per heavy atom. The minimum atomic E-state index is -0.000885. The van der Waals surface area contributed by atoms with Crippen molar-refractivity contribution in [2.24, 2.45) is 0 Å². The minimum absolute atomic E-state index is 0. The maximum atomic E-state index is 11.0. The van der Waals surface area contributed by atoms with Crippen molar-refractivity contribution in [3.63, 3.8) is 0 Å². The summed E-state index contributed by atoms with van der Waals surface area (Å²) in [7, 11) is 0. The van der Waals surface area contributed by atoms with Gasteiger partial charge in [-0.3, -0.25) is 4.79 Å². The van der Waals surface area contributed by atoms with E-state index in [1.54, 1.807) is 6.92 Å². The smallest absolute Gasteiger partial charge is 0.221 e. The van der Waals surface area contributed by atoms with Gasteiger partial charge in [0.05, 0.1) is 0 Å². The Morgan fingerprint density at radius 3 is 2.71 bits per heavy atom. The molecule has 1 aromatic rings. The minimum Gasteiger partial charge on any atom is -0.326 e. The summed E-state index contributed by atoms with van der Waals surface area (Å²) in [5.74, 6) is 1.32. The lowest BCUT2D eigenvalue weighted by Gasteiger charge is -2.19. The van der Waals surface area contributed by atoms with Gasteiger partial charge in [0, 0.05) is 25.7 Å². The Labute approximate surface area is 107 Å². The largest absolute Gasteiger partial charge is 0.326 e. The van der Waals surface area contributed by atoms with E-state index >= 15 is 0 Å². The summed E-state index contributed by atoms with van der Waals surface area (Å²) in [6.45, 7) is 3.73. The third kappa shape index (κ3) is 2.17. The molecule has 0 saturated carbocycles. The molecule has 1 aliphatic carbocycles. The van der Waals surface area contributed by atoms with Crippen LogP contribution in [0.25, 0.3) is 0 Å². The molecule has 0 aromatic heterocycles. The van der Waals surface area contributed by atoms with Gasteiger partial charge in [-0.25, -0.2) is 0 Å². The van der Waals surface area contributed by atoms with E-state index in [1.807, 2.05) is 6.07 Å². The van der Waals surface area contributed by atoms with Gasteiger partial charge in [0.25, 0.3) is 0 Å². The number of fused-ring (bicyclic) bond motifs is 5. The molecule has 2 aliphatic rings. The Bertz CT molecular complexity index is 447. The molecule has 4 heteroatoms. The Morgan fingerprint density at radius 1 is 1.29 bits per heavy atom. The van der Waals surface area contributed by atoms with E-state index in [2.05, 4.69) is 22.8 Å². The number of nitrogens with one attached hydrogen (secondary N) is 2. The second-order valence-electron chi connectivity index (χ2n) is 4.81. The summed E-state index contributed by atoms with van der Waals surface area (Å²) in [6.07, 6.45) is 1.27. The maximum Gasteiger partial charge on any atom is 0.221 e. The molecule has 1 heterocycles. The molecule has 0 spiro atoms. The van der Waals surface area contributed by atoms with Gasteiger partial charge in [0.1, 0.15) is 0 Å². The lowest BCUT2D eigenvalue weighted by molar-refractivity contribution is -0.114. The van der Waals surface area contributed by atoms with E-state index in [0.717, 1.165) is 18.8 Å². The summed E-state index contributed by atoms with van der Waals surface area (Å²) in [5.41, 5.74) is 3.84. The molecule has 0 radical (unpaired) electrons. The van der Waals surface area contributed by atoms with Crippen molar-refractivity contribution >= 4 is 24.0 Å². The number of carbonyl (C=O) groups excluding carboxylic acids is 1. The standard InChI is InChI=1S/C13H16N2O.ClH/c1-8(16)15-11-2-3-12-9-4-10(7-14-6-9)13(12)5-11;/h2-3,5,9-10,14H,4,6-7H2,1H3,(H,15,16);1H. The highest BCUT2D eigenvalue weighted by atomic mass is 35.5. The van der Waals surface area contributed by atoms with E-state index in [1.165, 1.54) is 17.5 Å². The third-order valence-corrected chi connectivity index (χ3v) is 3.64. The van der Waals surface area contributed by atoms with E-state index in [9.17, 15) is 4.79 Å². The number of benzene rings is 1. The average Bonchev–Trinajstić information content (AvgIpc) is 2.50. The normalized spacial score (nSPS) is 24.8. The van der Waals surface area contributed by atoms with Gasteiger partial charge in [-0.05, 0) is 41.5 Å². The van der Waals surface area contributed by atoms with E-state index in [4.69, 9.17) is 0 Å². The number of hydrogen-bond acceptors (Lipinski definition) is 2. The van der Waals surface area contributed by atoms with Gasteiger partial charge in [0.15, 0.2) is 0 Å². The lowest BCUT2D eigenvalue weighted by Crippen LogP contribution is -2.28. The van der Waals surface area contributed by atoms with Crippen molar-refractivity contribution in [1.82, 2.24) is 5.32 Å². The Kier molecular flexibility index (Phi) is 3.40. The number of rotatable bonds is 1. The maximum absolute atomic E-state index is 11.0. The molecule has 2 atom stereocenters. The summed E-state index contributed by atoms with van der Waals surface area (Å²) < 4.78 is 0. The number of anilines is 1. The zero-order valence-corrected chi connectivity index (χ0v) is 10.6. The van der Waals surface area contributed by atoms with E-state index < -0.39 is 0 Å². The molecular weight excluding hydrogens is 236 g/mol. The SMILES string of the molecule is CC(=O)Nc1ccc2c(c1)C1CNCC2C1.Cl. The van der Waals surface area contributed by atoms with Gasteiger partial charge >= 0.3 is 0 Å². The van der Waals surface area contributed by atoms with E-state index in [-0.39, 0.29) is 18.3 Å². The number of carbonyl (C=O) groups is 1. The van der Waals surface area contributed by atoms with Crippen LogP contribution in [0.4, 0.5) is 5.69 Å². The predicted molar refractivity (Wildman–Crippen MR) is 71.0 cm³/mol. The molecule has 2 N–H and O–H groups in total. The summed E-state index contributed by atoms with van der Waals surface area (Å²) in [5, 5.41) is 6.32. The first-order valence-corrected chi connectivity index (χ1v) is 5.86. The zero-order valence-electron chi connectivity index (χ0n) is 9.82. The molecule has 17 heavy (non-hydrogen) atoms. The van der Waals surface area contributed by atoms with Gasteiger partial charge in [-0.2, -0.15) is 0 Å².